The lowest BCUT2D eigenvalue weighted by Crippen LogP contribution is -2.32. The molecule has 1 N–H and O–H groups in total. The summed E-state index contributed by atoms with van der Waals surface area (Å²) in [4.78, 5) is 21.5. The normalized spacial score (nSPS) is 21.6. The van der Waals surface area contributed by atoms with Gasteiger partial charge < -0.3 is 10.2 Å². The molecule has 1 unspecified atom stereocenters. The van der Waals surface area contributed by atoms with E-state index in [4.69, 9.17) is 0 Å². The lowest BCUT2D eigenvalue weighted by Gasteiger charge is -2.33. The van der Waals surface area contributed by atoms with E-state index in [1.54, 1.807) is 11.8 Å². The molecule has 2 aliphatic rings. The zero-order chi connectivity index (χ0) is 21.2. The van der Waals surface area contributed by atoms with Gasteiger partial charge >= 0.3 is 0 Å². The zero-order valence-electron chi connectivity index (χ0n) is 18.5. The molecule has 1 fully saturated rings. The van der Waals surface area contributed by atoms with Gasteiger partial charge in [-0.25, -0.2) is 0 Å². The van der Waals surface area contributed by atoms with Crippen LogP contribution >= 0.6 is 11.8 Å². The molecule has 0 aromatic carbocycles. The molecule has 1 aromatic rings. The summed E-state index contributed by atoms with van der Waals surface area (Å²) in [5.74, 6) is 1.20. The molecule has 0 bridgehead atoms. The van der Waals surface area contributed by atoms with Crippen LogP contribution in [0.15, 0.2) is 29.8 Å². The molecule has 30 heavy (non-hydrogen) atoms. The van der Waals surface area contributed by atoms with Crippen LogP contribution in [0.4, 0.5) is 11.4 Å². The van der Waals surface area contributed by atoms with Gasteiger partial charge in [0.15, 0.2) is 0 Å². The number of piperidine rings is 1. The fourth-order valence-corrected chi connectivity index (χ4v) is 5.40. The minimum absolute atomic E-state index is 0.0725. The fourth-order valence-electron chi connectivity index (χ4n) is 4.46. The first-order valence-electron chi connectivity index (χ1n) is 11.7. The quantitative estimate of drug-likeness (QED) is 0.406. The summed E-state index contributed by atoms with van der Waals surface area (Å²) < 4.78 is 0. The van der Waals surface area contributed by atoms with Crippen molar-refractivity contribution in [3.8, 4) is 0 Å². The van der Waals surface area contributed by atoms with Crippen molar-refractivity contribution in [3.63, 3.8) is 0 Å². The number of hydrogen-bond acceptors (Lipinski definition) is 4. The van der Waals surface area contributed by atoms with E-state index in [0.717, 1.165) is 66.5 Å². The predicted octanol–water partition coefficient (Wildman–Crippen LogP) is 6.68. The summed E-state index contributed by atoms with van der Waals surface area (Å²) in [5.41, 5.74) is 2.94. The Labute approximate surface area is 186 Å². The molecule has 1 amide bonds. The number of carbonyl (C=O) groups excluding carboxylic acids is 1. The second kappa shape index (κ2) is 12.2. The average Bonchev–Trinajstić information content (AvgIpc) is 2.78. The molecule has 0 radical (unpaired) electrons. The summed E-state index contributed by atoms with van der Waals surface area (Å²) in [6.07, 6.45) is 19.5. The Morgan fingerprint density at radius 3 is 2.70 bits per heavy atom. The van der Waals surface area contributed by atoms with Gasteiger partial charge in [0.25, 0.3) is 0 Å². The van der Waals surface area contributed by atoms with Gasteiger partial charge in [-0.2, -0.15) is 0 Å². The maximum Gasteiger partial charge on any atom is 0.227 e. The van der Waals surface area contributed by atoms with E-state index in [0.29, 0.717) is 0 Å². The van der Waals surface area contributed by atoms with E-state index in [2.05, 4.69) is 40.9 Å². The van der Waals surface area contributed by atoms with Crippen molar-refractivity contribution in [1.82, 2.24) is 4.98 Å². The Balaban J connectivity index is 1.86. The van der Waals surface area contributed by atoms with Crippen molar-refractivity contribution in [3.05, 3.63) is 30.6 Å². The highest BCUT2D eigenvalue weighted by molar-refractivity contribution is 7.99. The van der Waals surface area contributed by atoms with Gasteiger partial charge in [-0.1, -0.05) is 38.5 Å². The average molecular weight is 428 g/mol. The third-order valence-corrected chi connectivity index (χ3v) is 7.07. The van der Waals surface area contributed by atoms with Crippen LogP contribution in [0.2, 0.25) is 0 Å². The number of amides is 1. The number of hydrogen-bond donors (Lipinski definition) is 1. The van der Waals surface area contributed by atoms with Gasteiger partial charge in [0.05, 0.1) is 28.2 Å². The van der Waals surface area contributed by atoms with Crippen LogP contribution in [0, 0.1) is 5.92 Å². The topological polar surface area (TPSA) is 45.2 Å². The van der Waals surface area contributed by atoms with Crippen molar-refractivity contribution in [2.75, 3.05) is 29.1 Å². The Morgan fingerprint density at radius 1 is 1.17 bits per heavy atom. The van der Waals surface area contributed by atoms with Crippen molar-refractivity contribution >= 4 is 35.1 Å². The minimum Gasteiger partial charge on any atom is -0.369 e. The van der Waals surface area contributed by atoms with Crippen LogP contribution in [0.3, 0.4) is 0 Å². The first-order chi connectivity index (χ1) is 14.7. The van der Waals surface area contributed by atoms with Gasteiger partial charge in [0.2, 0.25) is 5.91 Å². The Morgan fingerprint density at radius 2 is 1.93 bits per heavy atom. The number of thioether (sulfide) groups is 1. The lowest BCUT2D eigenvalue weighted by atomic mass is 9.93. The number of aromatic nitrogens is 1. The van der Waals surface area contributed by atoms with Crippen molar-refractivity contribution in [2.45, 2.75) is 76.0 Å². The van der Waals surface area contributed by atoms with Gasteiger partial charge in [-0.15, -0.1) is 11.8 Å². The van der Waals surface area contributed by atoms with E-state index < -0.39 is 0 Å². The summed E-state index contributed by atoms with van der Waals surface area (Å²) in [6, 6.07) is 0. The second-order valence-electron chi connectivity index (χ2n) is 8.29. The fraction of sp³-hybridized carbons (Fsp3) is 0.600. The molecule has 1 aliphatic heterocycles. The number of pyridine rings is 1. The largest absolute Gasteiger partial charge is 0.369 e. The van der Waals surface area contributed by atoms with E-state index >= 15 is 0 Å². The molecular formula is C25H37N3OS. The monoisotopic (exact) mass is 427 g/mol. The minimum atomic E-state index is 0.0725. The lowest BCUT2D eigenvalue weighted by molar-refractivity contribution is -0.120. The van der Waals surface area contributed by atoms with Crippen LogP contribution in [-0.4, -0.2) is 29.7 Å². The molecule has 2 heterocycles. The molecule has 4 nitrogen and oxygen atoms in total. The van der Waals surface area contributed by atoms with E-state index in [1.165, 1.54) is 38.5 Å². The van der Waals surface area contributed by atoms with Crippen LogP contribution < -0.4 is 10.2 Å². The van der Waals surface area contributed by atoms with Crippen LogP contribution in [0.1, 0.15) is 76.8 Å². The SMILES string of the molecule is C=Cc1ncc(NC(=O)C2CC/C=C\CCCCC2)c(N2CCCCC2)c1SCC. The number of rotatable bonds is 6. The summed E-state index contributed by atoms with van der Waals surface area (Å²) >= 11 is 1.80. The molecule has 1 aliphatic carbocycles. The number of anilines is 2. The molecule has 164 valence electrons. The number of allylic oxidation sites excluding steroid dienone is 2. The smallest absolute Gasteiger partial charge is 0.227 e. The predicted molar refractivity (Wildman–Crippen MR) is 130 cm³/mol. The maximum atomic E-state index is 13.3. The molecule has 1 aromatic heterocycles. The zero-order valence-corrected chi connectivity index (χ0v) is 19.3. The number of nitrogens with one attached hydrogen (secondary N) is 1. The Kier molecular flexibility index (Phi) is 9.31. The number of carbonyl (C=O) groups is 1. The Hall–Kier alpha value is -1.75. The molecule has 3 rings (SSSR count). The van der Waals surface area contributed by atoms with E-state index in [9.17, 15) is 4.79 Å². The van der Waals surface area contributed by atoms with Gasteiger partial charge in [-0.3, -0.25) is 9.78 Å². The highest BCUT2D eigenvalue weighted by Gasteiger charge is 2.24. The maximum absolute atomic E-state index is 13.3. The van der Waals surface area contributed by atoms with Crippen molar-refractivity contribution < 1.29 is 4.79 Å². The van der Waals surface area contributed by atoms with Crippen molar-refractivity contribution in [2.24, 2.45) is 5.92 Å². The van der Waals surface area contributed by atoms with Gasteiger partial charge in [0, 0.05) is 19.0 Å². The summed E-state index contributed by atoms with van der Waals surface area (Å²) in [7, 11) is 0. The van der Waals surface area contributed by atoms with Crippen LogP contribution in [0.5, 0.6) is 0 Å². The molecule has 0 spiro atoms. The van der Waals surface area contributed by atoms with Crippen molar-refractivity contribution in [1.29, 1.82) is 0 Å². The standard InChI is InChI=1S/C25H37N3OS/c1-3-21-24(30-4-2)23(28-17-13-10-14-18-28)22(19-26-21)27-25(29)20-15-11-8-6-5-7-9-12-16-20/h3,6,8,19-20H,1,4-5,7,9-18H2,2H3,(H,27,29)/b8-6-. The highest BCUT2D eigenvalue weighted by Crippen LogP contribution is 2.40. The van der Waals surface area contributed by atoms with E-state index in [1.807, 2.05) is 12.3 Å². The Bertz CT molecular complexity index is 740. The third kappa shape index (κ3) is 6.13. The first kappa shape index (κ1) is 22.9. The summed E-state index contributed by atoms with van der Waals surface area (Å²) in [5, 5.41) is 3.30. The highest BCUT2D eigenvalue weighted by atomic mass is 32.2. The second-order valence-corrected chi connectivity index (χ2v) is 9.57. The molecule has 1 saturated heterocycles. The first-order valence-corrected chi connectivity index (χ1v) is 12.7. The summed E-state index contributed by atoms with van der Waals surface area (Å²) in [6.45, 7) is 8.21. The van der Waals surface area contributed by atoms with Gasteiger partial charge in [0.1, 0.15) is 0 Å². The third-order valence-electron chi connectivity index (χ3n) is 6.09. The van der Waals surface area contributed by atoms with Gasteiger partial charge in [-0.05, 0) is 63.2 Å². The molecule has 0 saturated carbocycles. The van der Waals surface area contributed by atoms with Crippen LogP contribution in [0.25, 0.3) is 6.08 Å². The number of nitrogens with zero attached hydrogens (tertiary/aromatic N) is 2. The molecule has 5 heteroatoms. The van der Waals surface area contributed by atoms with Crippen LogP contribution in [-0.2, 0) is 4.79 Å². The van der Waals surface area contributed by atoms with E-state index in [-0.39, 0.29) is 11.8 Å². The molecular weight excluding hydrogens is 390 g/mol. The molecule has 1 atom stereocenters.